The van der Waals surface area contributed by atoms with Gasteiger partial charge in [-0.2, -0.15) is 0 Å². The molecule has 1 aromatic heterocycles. The van der Waals surface area contributed by atoms with Crippen LogP contribution in [0.4, 0.5) is 0 Å². The molecule has 0 radical (unpaired) electrons. The minimum atomic E-state index is -0.964. The molecule has 0 saturated carbocycles. The van der Waals surface area contributed by atoms with Gasteiger partial charge in [-0.05, 0) is 37.1 Å². The molecule has 0 bridgehead atoms. The van der Waals surface area contributed by atoms with Crippen LogP contribution in [0.25, 0.3) is 16.6 Å². The molecular formula is C12H12N2O2. The molecule has 0 unspecified atom stereocenters. The summed E-state index contributed by atoms with van der Waals surface area (Å²) >= 11 is 0. The van der Waals surface area contributed by atoms with Crippen LogP contribution in [-0.4, -0.2) is 21.0 Å². The second-order valence-corrected chi connectivity index (χ2v) is 3.88. The molecule has 0 fully saturated rings. The van der Waals surface area contributed by atoms with Gasteiger partial charge in [-0.25, -0.2) is 9.78 Å². The number of aromatic amines is 1. The summed E-state index contributed by atoms with van der Waals surface area (Å²) in [5, 5.41) is 9.08. The van der Waals surface area contributed by atoms with Gasteiger partial charge in [0.05, 0.1) is 11.1 Å². The number of fused-ring (bicyclic) bond motifs is 1. The van der Waals surface area contributed by atoms with Crippen LogP contribution in [0.3, 0.4) is 0 Å². The van der Waals surface area contributed by atoms with Crippen LogP contribution < -0.4 is 0 Å². The number of allylic oxidation sites excluding steroid dienone is 1. The third-order valence-electron chi connectivity index (χ3n) is 2.37. The first-order valence-electron chi connectivity index (χ1n) is 4.88. The number of aromatic carboxylic acids is 1. The van der Waals surface area contributed by atoms with E-state index < -0.39 is 5.97 Å². The lowest BCUT2D eigenvalue weighted by molar-refractivity contribution is 0.0698. The highest BCUT2D eigenvalue weighted by Crippen LogP contribution is 2.21. The van der Waals surface area contributed by atoms with Gasteiger partial charge in [-0.3, -0.25) is 0 Å². The number of H-pyrrole nitrogens is 1. The van der Waals surface area contributed by atoms with Crippen LogP contribution in [0, 0.1) is 6.92 Å². The van der Waals surface area contributed by atoms with Crippen LogP contribution in [0.5, 0.6) is 0 Å². The second kappa shape index (κ2) is 3.48. The van der Waals surface area contributed by atoms with Crippen molar-refractivity contribution in [2.75, 3.05) is 0 Å². The first-order valence-corrected chi connectivity index (χ1v) is 4.88. The van der Waals surface area contributed by atoms with E-state index in [1.54, 1.807) is 6.07 Å². The van der Waals surface area contributed by atoms with Crippen LogP contribution >= 0.6 is 0 Å². The van der Waals surface area contributed by atoms with Crippen molar-refractivity contribution in [1.82, 2.24) is 9.97 Å². The van der Waals surface area contributed by atoms with E-state index in [9.17, 15) is 4.79 Å². The smallest absolute Gasteiger partial charge is 0.337 e. The van der Waals surface area contributed by atoms with E-state index >= 15 is 0 Å². The molecule has 2 rings (SSSR count). The van der Waals surface area contributed by atoms with Gasteiger partial charge in [0.15, 0.2) is 0 Å². The van der Waals surface area contributed by atoms with Crippen molar-refractivity contribution < 1.29 is 9.90 Å². The molecule has 1 aromatic carbocycles. The fourth-order valence-electron chi connectivity index (χ4n) is 1.63. The van der Waals surface area contributed by atoms with Gasteiger partial charge < -0.3 is 10.1 Å². The van der Waals surface area contributed by atoms with E-state index in [2.05, 4.69) is 16.5 Å². The predicted octanol–water partition coefficient (Wildman–Crippen LogP) is 2.60. The van der Waals surface area contributed by atoms with Crippen LogP contribution in [0.15, 0.2) is 18.7 Å². The van der Waals surface area contributed by atoms with Gasteiger partial charge >= 0.3 is 5.97 Å². The molecule has 0 aliphatic carbocycles. The van der Waals surface area contributed by atoms with E-state index in [0.29, 0.717) is 11.3 Å². The number of hydrogen-bond donors (Lipinski definition) is 2. The van der Waals surface area contributed by atoms with Gasteiger partial charge in [0, 0.05) is 0 Å². The summed E-state index contributed by atoms with van der Waals surface area (Å²) in [6, 6.07) is 3.49. The molecule has 2 aromatic rings. The minimum absolute atomic E-state index is 0.221. The number of carboxylic acids is 1. The third kappa shape index (κ3) is 1.58. The molecule has 0 amide bonds. The van der Waals surface area contributed by atoms with E-state index in [-0.39, 0.29) is 5.56 Å². The number of aromatic nitrogens is 2. The Morgan fingerprint density at radius 1 is 1.50 bits per heavy atom. The Morgan fingerprint density at radius 2 is 2.19 bits per heavy atom. The fourth-order valence-corrected chi connectivity index (χ4v) is 1.63. The monoisotopic (exact) mass is 216 g/mol. The fraction of sp³-hybridized carbons (Fsp3) is 0.167. The zero-order chi connectivity index (χ0) is 11.9. The van der Waals surface area contributed by atoms with E-state index in [1.807, 2.05) is 19.9 Å². The predicted molar refractivity (Wildman–Crippen MR) is 62.5 cm³/mol. The summed E-state index contributed by atoms with van der Waals surface area (Å²) in [6.45, 7) is 7.46. The summed E-state index contributed by atoms with van der Waals surface area (Å²) in [5.41, 5.74) is 3.11. The number of imidazole rings is 1. The second-order valence-electron chi connectivity index (χ2n) is 3.88. The summed E-state index contributed by atoms with van der Waals surface area (Å²) in [4.78, 5) is 18.4. The largest absolute Gasteiger partial charge is 0.478 e. The van der Waals surface area contributed by atoms with Crippen molar-refractivity contribution >= 4 is 22.6 Å². The number of aryl methyl sites for hydroxylation is 1. The van der Waals surface area contributed by atoms with Gasteiger partial charge in [-0.1, -0.05) is 6.58 Å². The Morgan fingerprint density at radius 3 is 2.75 bits per heavy atom. The zero-order valence-corrected chi connectivity index (χ0v) is 9.16. The molecule has 2 N–H and O–H groups in total. The Labute approximate surface area is 92.6 Å². The number of nitrogens with one attached hydrogen (secondary N) is 1. The lowest BCUT2D eigenvalue weighted by Gasteiger charge is -1.97. The lowest BCUT2D eigenvalue weighted by atomic mass is 10.1. The molecule has 0 saturated heterocycles. The van der Waals surface area contributed by atoms with Gasteiger partial charge in [-0.15, -0.1) is 0 Å². The number of hydrogen-bond acceptors (Lipinski definition) is 2. The molecule has 82 valence electrons. The maximum absolute atomic E-state index is 11.1. The third-order valence-corrected chi connectivity index (χ3v) is 2.37. The maximum atomic E-state index is 11.1. The van der Waals surface area contributed by atoms with E-state index in [1.165, 1.54) is 0 Å². The van der Waals surface area contributed by atoms with Crippen molar-refractivity contribution in [1.29, 1.82) is 0 Å². The van der Waals surface area contributed by atoms with Crippen molar-refractivity contribution in [3.8, 4) is 0 Å². The highest BCUT2D eigenvalue weighted by atomic mass is 16.4. The average Bonchev–Trinajstić information content (AvgIpc) is 2.59. The highest BCUT2D eigenvalue weighted by molar-refractivity contribution is 6.01. The first kappa shape index (κ1) is 10.4. The standard InChI is InChI=1S/C12H12N2O2/c1-6(2)11-13-9-5-7(3)4-8(12(15)16)10(9)14-11/h4-5H,1H2,2-3H3,(H,13,14)(H,15,16). The van der Waals surface area contributed by atoms with Crippen molar-refractivity contribution in [3.05, 3.63) is 35.7 Å². The number of carboxylic acid groups (broad SMARTS) is 1. The quantitative estimate of drug-likeness (QED) is 0.810. The molecule has 16 heavy (non-hydrogen) atoms. The molecule has 4 heteroatoms. The highest BCUT2D eigenvalue weighted by Gasteiger charge is 2.13. The lowest BCUT2D eigenvalue weighted by Crippen LogP contribution is -1.98. The Bertz CT molecular complexity index is 596. The van der Waals surface area contributed by atoms with Crippen LogP contribution in [-0.2, 0) is 0 Å². The summed E-state index contributed by atoms with van der Waals surface area (Å²) in [7, 11) is 0. The molecule has 0 aliphatic heterocycles. The first-order chi connectivity index (χ1) is 7.49. The maximum Gasteiger partial charge on any atom is 0.337 e. The Kier molecular flexibility index (Phi) is 2.27. The normalized spacial score (nSPS) is 10.6. The molecule has 4 nitrogen and oxygen atoms in total. The van der Waals surface area contributed by atoms with E-state index in [4.69, 9.17) is 5.11 Å². The van der Waals surface area contributed by atoms with Crippen LogP contribution in [0.1, 0.15) is 28.7 Å². The molecule has 1 heterocycles. The number of carbonyl (C=O) groups is 1. The SMILES string of the molecule is C=C(C)c1nc2c(C(=O)O)cc(C)cc2[nH]1. The summed E-state index contributed by atoms with van der Waals surface area (Å²) in [6.07, 6.45) is 0. The minimum Gasteiger partial charge on any atom is -0.478 e. The topological polar surface area (TPSA) is 66.0 Å². The van der Waals surface area contributed by atoms with Crippen molar-refractivity contribution in [2.45, 2.75) is 13.8 Å². The average molecular weight is 216 g/mol. The Balaban J connectivity index is 2.80. The van der Waals surface area contributed by atoms with Gasteiger partial charge in [0.25, 0.3) is 0 Å². The molecule has 0 spiro atoms. The molecule has 0 aliphatic rings. The number of nitrogens with zero attached hydrogens (tertiary/aromatic N) is 1. The molecule has 0 atom stereocenters. The van der Waals surface area contributed by atoms with Crippen molar-refractivity contribution in [3.63, 3.8) is 0 Å². The number of benzene rings is 1. The summed E-state index contributed by atoms with van der Waals surface area (Å²) in [5.74, 6) is -0.337. The van der Waals surface area contributed by atoms with Gasteiger partial charge in [0.2, 0.25) is 0 Å². The summed E-state index contributed by atoms with van der Waals surface area (Å²) < 4.78 is 0. The van der Waals surface area contributed by atoms with Crippen molar-refractivity contribution in [2.24, 2.45) is 0 Å². The van der Waals surface area contributed by atoms with Gasteiger partial charge in [0.1, 0.15) is 11.3 Å². The molecular weight excluding hydrogens is 204 g/mol. The zero-order valence-electron chi connectivity index (χ0n) is 9.16. The number of rotatable bonds is 2. The van der Waals surface area contributed by atoms with Crippen LogP contribution in [0.2, 0.25) is 0 Å². The van der Waals surface area contributed by atoms with E-state index in [0.717, 1.165) is 16.7 Å². The Hall–Kier alpha value is -2.10.